The highest BCUT2D eigenvalue weighted by Crippen LogP contribution is 2.13. The van der Waals surface area contributed by atoms with Crippen LogP contribution in [0.4, 0.5) is 0 Å². The molecule has 0 fully saturated rings. The summed E-state index contributed by atoms with van der Waals surface area (Å²) < 4.78 is 0. The van der Waals surface area contributed by atoms with Crippen molar-refractivity contribution in [1.82, 2.24) is 5.32 Å². The monoisotopic (exact) mass is 248 g/mol. The maximum Gasteiger partial charge on any atom is 0.321 e. The van der Waals surface area contributed by atoms with Gasteiger partial charge in [0.25, 0.3) is 0 Å². The molecule has 0 heterocycles. The van der Waals surface area contributed by atoms with Crippen molar-refractivity contribution in [2.24, 2.45) is 5.73 Å². The molecule has 6 heteroatoms. The molecule has 0 rings (SSSR count). The lowest BCUT2D eigenvalue weighted by Crippen LogP contribution is -2.44. The van der Waals surface area contributed by atoms with Crippen LogP contribution in [0.2, 0.25) is 0 Å². The molecular weight excluding hydrogens is 228 g/mol. The van der Waals surface area contributed by atoms with E-state index in [2.05, 4.69) is 5.32 Å². The van der Waals surface area contributed by atoms with Gasteiger partial charge in [0.2, 0.25) is 5.91 Å². The Kier molecular flexibility index (Phi) is 5.81. The number of amides is 1. The van der Waals surface area contributed by atoms with E-state index in [4.69, 9.17) is 10.8 Å². The summed E-state index contributed by atoms with van der Waals surface area (Å²) in [5, 5.41) is 11.1. The topological polar surface area (TPSA) is 92.4 Å². The molecular formula is C10H20N2O3S. The molecule has 0 aliphatic rings. The van der Waals surface area contributed by atoms with Crippen molar-refractivity contribution in [3.63, 3.8) is 0 Å². The summed E-state index contributed by atoms with van der Waals surface area (Å²) in [5.41, 5.74) is 5.06. The molecule has 16 heavy (non-hydrogen) atoms. The molecule has 0 aromatic rings. The first-order valence-corrected chi connectivity index (χ1v) is 6.10. The van der Waals surface area contributed by atoms with Gasteiger partial charge in [-0.25, -0.2) is 0 Å². The Hall–Kier alpha value is -0.750. The number of carboxylic acids is 1. The summed E-state index contributed by atoms with van der Waals surface area (Å²) in [6.07, 6.45) is 0. The van der Waals surface area contributed by atoms with Crippen molar-refractivity contribution in [3.8, 4) is 0 Å². The van der Waals surface area contributed by atoms with Crippen LogP contribution in [0.5, 0.6) is 0 Å². The van der Waals surface area contributed by atoms with Crippen molar-refractivity contribution in [1.29, 1.82) is 0 Å². The Balaban J connectivity index is 4.02. The Morgan fingerprint density at radius 1 is 1.44 bits per heavy atom. The zero-order valence-electron chi connectivity index (χ0n) is 10.1. The van der Waals surface area contributed by atoms with Gasteiger partial charge in [-0.2, -0.15) is 0 Å². The highest BCUT2D eigenvalue weighted by atomic mass is 32.2. The lowest BCUT2D eigenvalue weighted by Gasteiger charge is -2.23. The number of carbonyl (C=O) groups excluding carboxylic acids is 1. The average molecular weight is 248 g/mol. The quantitative estimate of drug-likeness (QED) is 0.656. The van der Waals surface area contributed by atoms with Crippen LogP contribution in [0.3, 0.4) is 0 Å². The second kappa shape index (κ2) is 6.10. The van der Waals surface area contributed by atoms with E-state index >= 15 is 0 Å². The molecule has 5 nitrogen and oxygen atoms in total. The second-order valence-corrected chi connectivity index (χ2v) is 6.03. The smallest absolute Gasteiger partial charge is 0.321 e. The summed E-state index contributed by atoms with van der Waals surface area (Å²) in [7, 11) is 0. The minimum absolute atomic E-state index is 0.102. The third-order valence-electron chi connectivity index (χ3n) is 1.71. The molecule has 0 saturated carbocycles. The Morgan fingerprint density at radius 3 is 2.31 bits per heavy atom. The van der Waals surface area contributed by atoms with E-state index < -0.39 is 12.0 Å². The maximum atomic E-state index is 11.6. The minimum atomic E-state index is -1.05. The molecule has 0 saturated heterocycles. The molecule has 0 radical (unpaired) electrons. The van der Waals surface area contributed by atoms with E-state index in [1.807, 2.05) is 20.8 Å². The summed E-state index contributed by atoms with van der Waals surface area (Å²) in [6.45, 7) is 7.42. The Bertz CT molecular complexity index is 263. The Labute approximate surface area is 100 Å². The zero-order chi connectivity index (χ0) is 12.9. The fourth-order valence-corrected chi connectivity index (χ4v) is 1.72. The predicted molar refractivity (Wildman–Crippen MR) is 65.4 cm³/mol. The molecule has 2 atom stereocenters. The zero-order valence-corrected chi connectivity index (χ0v) is 10.9. The molecule has 1 amide bonds. The number of nitrogens with one attached hydrogen (secondary N) is 1. The van der Waals surface area contributed by atoms with Gasteiger partial charge < -0.3 is 16.2 Å². The lowest BCUT2D eigenvalue weighted by atomic mass is 10.1. The van der Waals surface area contributed by atoms with Crippen molar-refractivity contribution < 1.29 is 14.7 Å². The maximum absolute atomic E-state index is 11.6. The molecule has 0 aromatic carbocycles. The number of thioether (sulfide) groups is 1. The molecule has 0 spiro atoms. The van der Waals surface area contributed by atoms with Gasteiger partial charge in [0.05, 0.1) is 5.25 Å². The van der Waals surface area contributed by atoms with Crippen LogP contribution < -0.4 is 11.1 Å². The SMILES string of the molecule is CC(SC[C@H](N)C(=O)O)C(=O)NC(C)(C)C. The fraction of sp³-hybridized carbons (Fsp3) is 0.800. The first kappa shape index (κ1) is 15.2. The van der Waals surface area contributed by atoms with Crippen molar-refractivity contribution in [2.75, 3.05) is 5.75 Å². The van der Waals surface area contributed by atoms with E-state index in [1.54, 1.807) is 6.92 Å². The number of nitrogens with two attached hydrogens (primary N) is 1. The predicted octanol–water partition coefficient (Wildman–Crippen LogP) is 0.435. The van der Waals surface area contributed by atoms with E-state index in [0.717, 1.165) is 0 Å². The van der Waals surface area contributed by atoms with Crippen LogP contribution in [-0.2, 0) is 9.59 Å². The van der Waals surface area contributed by atoms with Crippen LogP contribution >= 0.6 is 11.8 Å². The van der Waals surface area contributed by atoms with E-state index in [0.29, 0.717) is 0 Å². The van der Waals surface area contributed by atoms with Gasteiger partial charge in [-0.3, -0.25) is 9.59 Å². The van der Waals surface area contributed by atoms with Crippen molar-refractivity contribution in [3.05, 3.63) is 0 Å². The van der Waals surface area contributed by atoms with Crippen LogP contribution in [0, 0.1) is 0 Å². The number of hydrogen-bond acceptors (Lipinski definition) is 4. The summed E-state index contributed by atoms with van der Waals surface area (Å²) in [6, 6.07) is -0.921. The summed E-state index contributed by atoms with van der Waals surface area (Å²) >= 11 is 1.24. The normalized spacial score (nSPS) is 15.3. The van der Waals surface area contributed by atoms with Crippen LogP contribution in [0.1, 0.15) is 27.7 Å². The largest absolute Gasteiger partial charge is 0.480 e. The van der Waals surface area contributed by atoms with Crippen molar-refractivity contribution in [2.45, 2.75) is 44.5 Å². The second-order valence-electron chi connectivity index (χ2n) is 4.66. The molecule has 4 N–H and O–H groups in total. The van der Waals surface area contributed by atoms with E-state index in [9.17, 15) is 9.59 Å². The van der Waals surface area contributed by atoms with Gasteiger partial charge in [0, 0.05) is 11.3 Å². The minimum Gasteiger partial charge on any atom is -0.480 e. The van der Waals surface area contributed by atoms with Gasteiger partial charge in [-0.1, -0.05) is 0 Å². The van der Waals surface area contributed by atoms with Crippen molar-refractivity contribution >= 4 is 23.6 Å². The standard InChI is InChI=1S/C10H20N2O3S/c1-6(8(13)12-10(2,3)4)16-5-7(11)9(14)15/h6-7H,5,11H2,1-4H3,(H,12,13)(H,14,15)/t6?,7-/m0/s1. The van der Waals surface area contributed by atoms with Crippen LogP contribution in [0.25, 0.3) is 0 Å². The summed E-state index contributed by atoms with van der Waals surface area (Å²) in [5.74, 6) is -0.917. The van der Waals surface area contributed by atoms with E-state index in [1.165, 1.54) is 11.8 Å². The number of carboxylic acid groups (broad SMARTS) is 1. The first-order valence-electron chi connectivity index (χ1n) is 5.05. The highest BCUT2D eigenvalue weighted by molar-refractivity contribution is 8.00. The fourth-order valence-electron chi connectivity index (χ4n) is 0.866. The van der Waals surface area contributed by atoms with E-state index in [-0.39, 0.29) is 22.4 Å². The number of aliphatic carboxylic acids is 1. The van der Waals surface area contributed by atoms with Gasteiger partial charge in [0.1, 0.15) is 6.04 Å². The lowest BCUT2D eigenvalue weighted by molar-refractivity contribution is -0.138. The summed E-state index contributed by atoms with van der Waals surface area (Å²) in [4.78, 5) is 22.1. The molecule has 0 aliphatic heterocycles. The average Bonchev–Trinajstić information content (AvgIpc) is 2.10. The number of hydrogen-bond donors (Lipinski definition) is 3. The van der Waals surface area contributed by atoms with Gasteiger partial charge in [-0.15, -0.1) is 11.8 Å². The number of carbonyl (C=O) groups is 2. The van der Waals surface area contributed by atoms with Crippen LogP contribution in [-0.4, -0.2) is 39.6 Å². The first-order chi connectivity index (χ1) is 7.13. The molecule has 0 bridgehead atoms. The third kappa shape index (κ3) is 6.68. The highest BCUT2D eigenvalue weighted by Gasteiger charge is 2.21. The third-order valence-corrected chi connectivity index (χ3v) is 2.98. The molecule has 94 valence electrons. The van der Waals surface area contributed by atoms with Gasteiger partial charge in [-0.05, 0) is 27.7 Å². The Morgan fingerprint density at radius 2 is 1.94 bits per heavy atom. The van der Waals surface area contributed by atoms with Gasteiger partial charge >= 0.3 is 5.97 Å². The van der Waals surface area contributed by atoms with Gasteiger partial charge in [0.15, 0.2) is 0 Å². The molecule has 1 unspecified atom stereocenters. The van der Waals surface area contributed by atoms with Crippen LogP contribution in [0.15, 0.2) is 0 Å². The number of rotatable bonds is 5. The molecule has 0 aliphatic carbocycles. The molecule has 0 aromatic heterocycles.